The summed E-state index contributed by atoms with van der Waals surface area (Å²) in [4.78, 5) is 9.86. The SMILES string of the molecule is COCCNCC(O)Cn1cc(Cl)c([N+](=O)[O-])n1. The van der Waals surface area contributed by atoms with Crippen LogP contribution in [0, 0.1) is 10.1 Å². The number of halogens is 1. The van der Waals surface area contributed by atoms with Crippen LogP contribution in [0.1, 0.15) is 0 Å². The van der Waals surface area contributed by atoms with Gasteiger partial charge in [-0.3, -0.25) is 0 Å². The lowest BCUT2D eigenvalue weighted by molar-refractivity contribution is -0.389. The molecule has 0 bridgehead atoms. The van der Waals surface area contributed by atoms with Crippen molar-refractivity contribution >= 4 is 17.4 Å². The van der Waals surface area contributed by atoms with Gasteiger partial charge in [0.15, 0.2) is 5.02 Å². The Morgan fingerprint density at radius 2 is 2.50 bits per heavy atom. The van der Waals surface area contributed by atoms with E-state index in [1.165, 1.54) is 10.9 Å². The van der Waals surface area contributed by atoms with Crippen molar-refractivity contribution < 1.29 is 14.8 Å². The van der Waals surface area contributed by atoms with Crippen LogP contribution in [0.3, 0.4) is 0 Å². The molecule has 0 spiro atoms. The number of aromatic nitrogens is 2. The van der Waals surface area contributed by atoms with Crippen LogP contribution in [-0.2, 0) is 11.3 Å². The van der Waals surface area contributed by atoms with Crippen molar-refractivity contribution in [2.75, 3.05) is 26.8 Å². The lowest BCUT2D eigenvalue weighted by Crippen LogP contribution is -2.32. The number of nitrogens with one attached hydrogen (secondary N) is 1. The molecule has 102 valence electrons. The molecule has 1 rings (SSSR count). The van der Waals surface area contributed by atoms with Gasteiger partial charge in [0.2, 0.25) is 0 Å². The molecule has 1 atom stereocenters. The Morgan fingerprint density at radius 3 is 3.06 bits per heavy atom. The molecular weight excluding hydrogens is 264 g/mol. The summed E-state index contributed by atoms with van der Waals surface area (Å²) in [6.07, 6.45) is 0.607. The number of aliphatic hydroxyl groups excluding tert-OH is 1. The maximum atomic E-state index is 10.5. The van der Waals surface area contributed by atoms with Crippen LogP contribution in [0.5, 0.6) is 0 Å². The van der Waals surface area contributed by atoms with E-state index >= 15 is 0 Å². The van der Waals surface area contributed by atoms with Gasteiger partial charge in [0.05, 0.1) is 30.6 Å². The molecule has 0 aliphatic carbocycles. The summed E-state index contributed by atoms with van der Waals surface area (Å²) in [6, 6.07) is 0. The maximum absolute atomic E-state index is 10.5. The average Bonchev–Trinajstić information content (AvgIpc) is 2.66. The minimum Gasteiger partial charge on any atom is -0.390 e. The zero-order valence-electron chi connectivity index (χ0n) is 9.87. The molecule has 18 heavy (non-hydrogen) atoms. The molecule has 2 N–H and O–H groups in total. The van der Waals surface area contributed by atoms with Crippen molar-refractivity contribution in [2.24, 2.45) is 0 Å². The molecule has 0 aliphatic heterocycles. The number of nitrogens with zero attached hydrogens (tertiary/aromatic N) is 3. The second-order valence-electron chi connectivity index (χ2n) is 3.63. The smallest absolute Gasteiger partial charge is 0.390 e. The van der Waals surface area contributed by atoms with Crippen LogP contribution >= 0.6 is 11.6 Å². The zero-order chi connectivity index (χ0) is 13.5. The third-order valence-electron chi connectivity index (χ3n) is 2.13. The second kappa shape index (κ2) is 7.27. The third-order valence-corrected chi connectivity index (χ3v) is 2.40. The molecule has 0 saturated carbocycles. The molecule has 0 fully saturated rings. The molecule has 1 aromatic heterocycles. The van der Waals surface area contributed by atoms with Crippen molar-refractivity contribution in [1.29, 1.82) is 0 Å². The van der Waals surface area contributed by atoms with Crippen molar-refractivity contribution in [1.82, 2.24) is 15.1 Å². The second-order valence-corrected chi connectivity index (χ2v) is 4.04. The summed E-state index contributed by atoms with van der Waals surface area (Å²) in [5, 5.41) is 26.8. The van der Waals surface area contributed by atoms with Gasteiger partial charge in [-0.25, -0.2) is 0 Å². The van der Waals surface area contributed by atoms with E-state index in [1.54, 1.807) is 7.11 Å². The van der Waals surface area contributed by atoms with E-state index in [-0.39, 0.29) is 11.6 Å². The first-order valence-corrected chi connectivity index (χ1v) is 5.67. The Bertz CT molecular complexity index is 398. The molecular formula is C9H15ClN4O4. The van der Waals surface area contributed by atoms with Gasteiger partial charge in [0.1, 0.15) is 0 Å². The number of hydrogen-bond donors (Lipinski definition) is 2. The van der Waals surface area contributed by atoms with Crippen LogP contribution in [0.25, 0.3) is 0 Å². The number of rotatable bonds is 8. The Labute approximate surface area is 109 Å². The van der Waals surface area contributed by atoms with E-state index in [1.807, 2.05) is 0 Å². The largest absolute Gasteiger partial charge is 0.408 e. The van der Waals surface area contributed by atoms with E-state index in [0.717, 1.165) is 0 Å². The Morgan fingerprint density at radius 1 is 1.78 bits per heavy atom. The number of methoxy groups -OCH3 is 1. The molecule has 9 heteroatoms. The Hall–Kier alpha value is -1.22. The van der Waals surface area contributed by atoms with Crippen molar-refractivity contribution in [3.63, 3.8) is 0 Å². The van der Waals surface area contributed by atoms with Crippen molar-refractivity contribution in [2.45, 2.75) is 12.6 Å². The summed E-state index contributed by atoms with van der Waals surface area (Å²) < 4.78 is 6.09. The predicted octanol–water partition coefficient (Wildman–Crippen LogP) is 0.0416. The Balaban J connectivity index is 2.42. The highest BCUT2D eigenvalue weighted by Crippen LogP contribution is 2.21. The van der Waals surface area contributed by atoms with Gasteiger partial charge >= 0.3 is 5.82 Å². The fourth-order valence-corrected chi connectivity index (χ4v) is 1.55. The zero-order valence-corrected chi connectivity index (χ0v) is 10.6. The predicted molar refractivity (Wildman–Crippen MR) is 64.6 cm³/mol. The van der Waals surface area contributed by atoms with Gasteiger partial charge < -0.3 is 25.3 Å². The first-order chi connectivity index (χ1) is 8.54. The lowest BCUT2D eigenvalue weighted by Gasteiger charge is -2.09. The first kappa shape index (κ1) is 14.8. The van der Waals surface area contributed by atoms with Crippen LogP contribution in [0.4, 0.5) is 5.82 Å². The highest BCUT2D eigenvalue weighted by Gasteiger charge is 2.20. The summed E-state index contributed by atoms with van der Waals surface area (Å²) in [6.45, 7) is 1.64. The third kappa shape index (κ3) is 4.57. The van der Waals surface area contributed by atoms with E-state index in [0.29, 0.717) is 19.7 Å². The maximum Gasteiger partial charge on any atom is 0.408 e. The van der Waals surface area contributed by atoms with E-state index in [2.05, 4.69) is 10.4 Å². The number of aliphatic hydroxyl groups is 1. The number of hydrogen-bond acceptors (Lipinski definition) is 6. The van der Waals surface area contributed by atoms with Crippen molar-refractivity contribution in [3.05, 3.63) is 21.3 Å². The molecule has 8 nitrogen and oxygen atoms in total. The molecule has 1 aromatic rings. The molecule has 0 saturated heterocycles. The van der Waals surface area contributed by atoms with Gasteiger partial charge in [-0.2, -0.15) is 4.68 Å². The molecule has 0 aromatic carbocycles. The average molecular weight is 279 g/mol. The standard InChI is InChI=1S/C9H15ClN4O4/c1-18-3-2-11-4-7(15)5-13-6-8(10)9(12-13)14(16)17/h6-7,11,15H,2-5H2,1H3. The summed E-state index contributed by atoms with van der Waals surface area (Å²) in [5.41, 5.74) is 0. The first-order valence-electron chi connectivity index (χ1n) is 5.29. The van der Waals surface area contributed by atoms with Gasteiger partial charge in [-0.15, -0.1) is 0 Å². The molecule has 1 heterocycles. The fourth-order valence-electron chi connectivity index (χ4n) is 1.33. The van der Waals surface area contributed by atoms with Gasteiger partial charge in [-0.05, 0) is 4.92 Å². The minimum atomic E-state index is -0.711. The highest BCUT2D eigenvalue weighted by molar-refractivity contribution is 6.32. The van der Waals surface area contributed by atoms with Crippen LogP contribution < -0.4 is 5.32 Å². The van der Waals surface area contributed by atoms with Gasteiger partial charge in [-0.1, -0.05) is 11.6 Å². The highest BCUT2D eigenvalue weighted by atomic mass is 35.5. The van der Waals surface area contributed by atoms with Crippen LogP contribution in [0.15, 0.2) is 6.20 Å². The van der Waals surface area contributed by atoms with Crippen LogP contribution in [-0.4, -0.2) is 52.7 Å². The summed E-state index contributed by atoms with van der Waals surface area (Å²) >= 11 is 5.63. The topological polar surface area (TPSA) is 102 Å². The number of nitro groups is 1. The van der Waals surface area contributed by atoms with Crippen LogP contribution in [0.2, 0.25) is 5.02 Å². The van der Waals surface area contributed by atoms with Crippen molar-refractivity contribution in [3.8, 4) is 0 Å². The van der Waals surface area contributed by atoms with E-state index < -0.39 is 16.8 Å². The van der Waals surface area contributed by atoms with Gasteiger partial charge in [0.25, 0.3) is 0 Å². The van der Waals surface area contributed by atoms with E-state index in [9.17, 15) is 15.2 Å². The summed E-state index contributed by atoms with van der Waals surface area (Å²) in [7, 11) is 1.59. The lowest BCUT2D eigenvalue weighted by atomic mass is 10.3. The quantitative estimate of drug-likeness (QED) is 0.395. The molecule has 0 aliphatic rings. The summed E-state index contributed by atoms with van der Waals surface area (Å²) in [5.74, 6) is -0.406. The normalized spacial score (nSPS) is 12.6. The number of ether oxygens (including phenoxy) is 1. The van der Waals surface area contributed by atoms with Gasteiger partial charge in [0, 0.05) is 20.2 Å². The molecule has 0 radical (unpaired) electrons. The monoisotopic (exact) mass is 278 g/mol. The fraction of sp³-hybridized carbons (Fsp3) is 0.667. The van der Waals surface area contributed by atoms with E-state index in [4.69, 9.17) is 16.3 Å². The molecule has 1 unspecified atom stereocenters. The minimum absolute atomic E-state index is 0.0421. The Kier molecular flexibility index (Phi) is 5.99. The molecule has 0 amide bonds.